The molecule has 0 aliphatic carbocycles. The smallest absolute Gasteiger partial charge is 0.239 e. The summed E-state index contributed by atoms with van der Waals surface area (Å²) in [5.74, 6) is 0.311. The van der Waals surface area contributed by atoms with Crippen molar-refractivity contribution in [3.63, 3.8) is 0 Å². The molecule has 0 aliphatic heterocycles. The van der Waals surface area contributed by atoms with E-state index in [1.807, 2.05) is 26.0 Å². The van der Waals surface area contributed by atoms with Crippen molar-refractivity contribution < 1.29 is 19.1 Å². The number of carbonyl (C=O) groups is 3. The average Bonchev–Trinajstić information content (AvgIpc) is 2.72. The number of nitrogens with one attached hydrogen (secondary N) is 2. The summed E-state index contributed by atoms with van der Waals surface area (Å²) in [6.07, 6.45) is 1.56. The molecule has 0 aliphatic rings. The fourth-order valence-corrected chi connectivity index (χ4v) is 2.75. The van der Waals surface area contributed by atoms with E-state index in [9.17, 15) is 14.4 Å². The minimum atomic E-state index is -0.307. The Morgan fingerprint density at radius 3 is 2.37 bits per heavy atom. The molecule has 0 radical (unpaired) electrons. The summed E-state index contributed by atoms with van der Waals surface area (Å²) in [6.45, 7) is 3.89. The number of methoxy groups -OCH3 is 1. The SMILES string of the molecule is COc1ccc(CN(CC(=O)NC(C)C)C(=O)CCC(=O)Nc2ccccn2)cc1. The van der Waals surface area contributed by atoms with E-state index in [1.54, 1.807) is 43.6 Å². The van der Waals surface area contributed by atoms with Crippen molar-refractivity contribution in [1.29, 1.82) is 0 Å². The molecule has 2 aromatic rings. The second kappa shape index (κ2) is 11.5. The molecule has 0 saturated heterocycles. The lowest BCUT2D eigenvalue weighted by Crippen LogP contribution is -2.42. The van der Waals surface area contributed by atoms with Crippen LogP contribution in [0.25, 0.3) is 0 Å². The zero-order chi connectivity index (χ0) is 21.9. The Balaban J connectivity index is 1.99. The van der Waals surface area contributed by atoms with Gasteiger partial charge in [0.1, 0.15) is 11.6 Å². The second-order valence-electron chi connectivity index (χ2n) is 7.08. The Hall–Kier alpha value is -3.42. The fraction of sp³-hybridized carbons (Fsp3) is 0.364. The highest BCUT2D eigenvalue weighted by atomic mass is 16.5. The summed E-state index contributed by atoms with van der Waals surface area (Å²) in [5, 5.41) is 5.44. The summed E-state index contributed by atoms with van der Waals surface area (Å²) in [7, 11) is 1.58. The predicted molar refractivity (Wildman–Crippen MR) is 114 cm³/mol. The summed E-state index contributed by atoms with van der Waals surface area (Å²) >= 11 is 0. The molecular weight excluding hydrogens is 384 g/mol. The van der Waals surface area contributed by atoms with Crippen LogP contribution in [0.5, 0.6) is 5.75 Å². The van der Waals surface area contributed by atoms with Gasteiger partial charge in [-0.15, -0.1) is 0 Å². The Morgan fingerprint density at radius 1 is 1.03 bits per heavy atom. The maximum atomic E-state index is 12.8. The molecule has 8 nitrogen and oxygen atoms in total. The first-order valence-electron chi connectivity index (χ1n) is 9.78. The van der Waals surface area contributed by atoms with Gasteiger partial charge in [0.05, 0.1) is 13.7 Å². The standard InChI is InChI=1S/C22H28N4O4/c1-16(2)24-21(28)15-26(14-17-7-9-18(30-3)10-8-17)22(29)12-11-20(27)25-19-6-4-5-13-23-19/h4-10,13,16H,11-12,14-15H2,1-3H3,(H,24,28)(H,23,25,27). The number of ether oxygens (including phenoxy) is 1. The molecule has 2 rings (SSSR count). The van der Waals surface area contributed by atoms with Crippen molar-refractivity contribution in [2.24, 2.45) is 0 Å². The van der Waals surface area contributed by atoms with Crippen LogP contribution < -0.4 is 15.4 Å². The zero-order valence-electron chi connectivity index (χ0n) is 17.6. The first-order valence-corrected chi connectivity index (χ1v) is 9.78. The van der Waals surface area contributed by atoms with Gasteiger partial charge in [0.25, 0.3) is 0 Å². The lowest BCUT2D eigenvalue weighted by Gasteiger charge is -2.23. The number of hydrogen-bond acceptors (Lipinski definition) is 5. The van der Waals surface area contributed by atoms with Crippen LogP contribution in [0.15, 0.2) is 48.7 Å². The van der Waals surface area contributed by atoms with Crippen LogP contribution in [0.1, 0.15) is 32.3 Å². The summed E-state index contributed by atoms with van der Waals surface area (Å²) in [5.41, 5.74) is 0.861. The third-order valence-electron chi connectivity index (χ3n) is 4.17. The topological polar surface area (TPSA) is 101 Å². The molecule has 2 N–H and O–H groups in total. The Morgan fingerprint density at radius 2 is 1.77 bits per heavy atom. The number of hydrogen-bond donors (Lipinski definition) is 2. The van der Waals surface area contributed by atoms with Crippen molar-refractivity contribution in [3.05, 3.63) is 54.2 Å². The molecule has 30 heavy (non-hydrogen) atoms. The number of nitrogens with zero attached hydrogens (tertiary/aromatic N) is 2. The van der Waals surface area contributed by atoms with Gasteiger partial charge in [-0.05, 0) is 43.7 Å². The van der Waals surface area contributed by atoms with E-state index >= 15 is 0 Å². The van der Waals surface area contributed by atoms with Crippen LogP contribution in [0.3, 0.4) is 0 Å². The highest BCUT2D eigenvalue weighted by Gasteiger charge is 2.19. The van der Waals surface area contributed by atoms with Crippen LogP contribution in [-0.2, 0) is 20.9 Å². The van der Waals surface area contributed by atoms with Crippen molar-refractivity contribution >= 4 is 23.5 Å². The highest BCUT2D eigenvalue weighted by Crippen LogP contribution is 2.14. The molecule has 8 heteroatoms. The third kappa shape index (κ3) is 7.90. The van der Waals surface area contributed by atoms with Gasteiger partial charge < -0.3 is 20.3 Å². The molecule has 0 fully saturated rings. The molecule has 0 spiro atoms. The van der Waals surface area contributed by atoms with Crippen LogP contribution in [0.4, 0.5) is 5.82 Å². The molecule has 1 aromatic carbocycles. The molecule has 1 aromatic heterocycles. The van der Waals surface area contributed by atoms with Crippen LogP contribution in [0.2, 0.25) is 0 Å². The Labute approximate surface area is 176 Å². The molecule has 0 saturated carbocycles. The van der Waals surface area contributed by atoms with Crippen molar-refractivity contribution in [2.75, 3.05) is 19.0 Å². The van der Waals surface area contributed by atoms with Crippen molar-refractivity contribution in [2.45, 2.75) is 39.3 Å². The first kappa shape index (κ1) is 22.9. The van der Waals surface area contributed by atoms with E-state index in [-0.39, 0.29) is 49.7 Å². The van der Waals surface area contributed by atoms with Crippen LogP contribution in [0, 0.1) is 0 Å². The molecule has 160 valence electrons. The number of carbonyl (C=O) groups excluding carboxylic acids is 3. The molecule has 0 bridgehead atoms. The normalized spacial score (nSPS) is 10.4. The molecule has 1 heterocycles. The first-order chi connectivity index (χ1) is 14.4. The van der Waals surface area contributed by atoms with E-state index in [2.05, 4.69) is 15.6 Å². The number of amides is 3. The Kier molecular flexibility index (Phi) is 8.80. The molecule has 3 amide bonds. The van der Waals surface area contributed by atoms with E-state index in [1.165, 1.54) is 4.90 Å². The average molecular weight is 412 g/mol. The monoisotopic (exact) mass is 412 g/mol. The molecule has 0 atom stereocenters. The van der Waals surface area contributed by atoms with E-state index in [0.717, 1.165) is 5.56 Å². The molecule has 0 unspecified atom stereocenters. The lowest BCUT2D eigenvalue weighted by molar-refractivity contribution is -0.137. The van der Waals surface area contributed by atoms with Gasteiger partial charge in [-0.25, -0.2) is 4.98 Å². The lowest BCUT2D eigenvalue weighted by atomic mass is 10.2. The van der Waals surface area contributed by atoms with Gasteiger partial charge in [0.2, 0.25) is 17.7 Å². The van der Waals surface area contributed by atoms with Crippen molar-refractivity contribution in [1.82, 2.24) is 15.2 Å². The molecular formula is C22H28N4O4. The van der Waals surface area contributed by atoms with Crippen molar-refractivity contribution in [3.8, 4) is 5.75 Å². The van der Waals surface area contributed by atoms with E-state index in [4.69, 9.17) is 4.74 Å². The summed E-state index contributed by atoms with van der Waals surface area (Å²) in [6, 6.07) is 12.4. The quantitative estimate of drug-likeness (QED) is 0.624. The van der Waals surface area contributed by atoms with E-state index < -0.39 is 0 Å². The van der Waals surface area contributed by atoms with Crippen LogP contribution in [-0.4, -0.2) is 47.3 Å². The van der Waals surface area contributed by atoms with Gasteiger partial charge in [0, 0.05) is 31.6 Å². The van der Waals surface area contributed by atoms with Gasteiger partial charge in [0.15, 0.2) is 0 Å². The third-order valence-corrected chi connectivity index (χ3v) is 4.17. The van der Waals surface area contributed by atoms with E-state index in [0.29, 0.717) is 11.6 Å². The highest BCUT2D eigenvalue weighted by molar-refractivity contribution is 5.93. The van der Waals surface area contributed by atoms with Gasteiger partial charge in [-0.3, -0.25) is 14.4 Å². The largest absolute Gasteiger partial charge is 0.497 e. The maximum Gasteiger partial charge on any atom is 0.239 e. The number of benzene rings is 1. The number of pyridine rings is 1. The second-order valence-corrected chi connectivity index (χ2v) is 7.08. The predicted octanol–water partition coefficient (Wildman–Crippen LogP) is 2.36. The minimum absolute atomic E-state index is 0.000317. The number of aromatic nitrogens is 1. The van der Waals surface area contributed by atoms with Gasteiger partial charge in [-0.2, -0.15) is 0 Å². The minimum Gasteiger partial charge on any atom is -0.497 e. The number of anilines is 1. The number of rotatable bonds is 10. The van der Waals surface area contributed by atoms with Gasteiger partial charge >= 0.3 is 0 Å². The summed E-state index contributed by atoms with van der Waals surface area (Å²) < 4.78 is 5.15. The van der Waals surface area contributed by atoms with Crippen LogP contribution >= 0.6 is 0 Å². The maximum absolute atomic E-state index is 12.8. The van der Waals surface area contributed by atoms with Gasteiger partial charge in [-0.1, -0.05) is 18.2 Å². The zero-order valence-corrected chi connectivity index (χ0v) is 17.6. The fourth-order valence-electron chi connectivity index (χ4n) is 2.75. The Bertz CT molecular complexity index is 838. The summed E-state index contributed by atoms with van der Waals surface area (Å²) in [4.78, 5) is 42.6.